The molecule has 0 aliphatic carbocycles. The molecule has 0 atom stereocenters. The maximum atomic E-state index is 12.3. The molecule has 1 amide bonds. The van der Waals surface area contributed by atoms with E-state index in [4.69, 9.17) is 0 Å². The summed E-state index contributed by atoms with van der Waals surface area (Å²) in [6.07, 6.45) is 0.797. The van der Waals surface area contributed by atoms with Crippen molar-refractivity contribution in [1.29, 1.82) is 0 Å². The van der Waals surface area contributed by atoms with E-state index < -0.39 is 0 Å². The van der Waals surface area contributed by atoms with Gasteiger partial charge in [-0.15, -0.1) is 0 Å². The maximum absolute atomic E-state index is 12.3. The number of carbonyl (C=O) groups excluding carboxylic acids is 2. The molecule has 2 aromatic carbocycles. The van der Waals surface area contributed by atoms with Gasteiger partial charge in [-0.3, -0.25) is 9.59 Å². The number of nitrogens with zero attached hydrogens (tertiary/aromatic N) is 1. The first kappa shape index (κ1) is 12.3. The van der Waals surface area contributed by atoms with Crippen molar-refractivity contribution in [1.82, 2.24) is 4.90 Å². The van der Waals surface area contributed by atoms with Crippen LogP contribution in [0.2, 0.25) is 0 Å². The smallest absolute Gasteiger partial charge is 0.254 e. The van der Waals surface area contributed by atoms with Crippen molar-refractivity contribution in [2.24, 2.45) is 0 Å². The molecular weight excluding hydrogens is 226 g/mol. The molecule has 3 heteroatoms. The highest BCUT2D eigenvalue weighted by molar-refractivity contribution is 6.12. The lowest BCUT2D eigenvalue weighted by molar-refractivity contribution is 0.0804. The highest BCUT2D eigenvalue weighted by Gasteiger charge is 2.15. The number of aldehydes is 1. The lowest BCUT2D eigenvalue weighted by Gasteiger charge is -2.16. The zero-order chi connectivity index (χ0) is 13.1. The lowest BCUT2D eigenvalue weighted by atomic mass is 9.99. The standard InChI is InChI=1S/C15H15NO2/c1-3-16(2)15(18)13-9-5-7-11-6-4-8-12(10-17)14(11)13/h4-10H,3H2,1-2H3. The van der Waals surface area contributed by atoms with Gasteiger partial charge in [0.1, 0.15) is 0 Å². The molecule has 0 bridgehead atoms. The van der Waals surface area contributed by atoms with Crippen LogP contribution >= 0.6 is 0 Å². The van der Waals surface area contributed by atoms with Crippen LogP contribution in [0.5, 0.6) is 0 Å². The summed E-state index contributed by atoms with van der Waals surface area (Å²) >= 11 is 0. The number of hydrogen-bond acceptors (Lipinski definition) is 2. The molecule has 0 aromatic heterocycles. The van der Waals surface area contributed by atoms with E-state index in [0.717, 1.165) is 17.1 Å². The summed E-state index contributed by atoms with van der Waals surface area (Å²) < 4.78 is 0. The van der Waals surface area contributed by atoms with Crippen molar-refractivity contribution in [3.8, 4) is 0 Å². The minimum absolute atomic E-state index is 0.0580. The molecule has 0 radical (unpaired) electrons. The van der Waals surface area contributed by atoms with Gasteiger partial charge in [-0.2, -0.15) is 0 Å². The highest BCUT2D eigenvalue weighted by atomic mass is 16.2. The molecule has 0 saturated carbocycles. The Morgan fingerprint density at radius 2 is 1.89 bits per heavy atom. The van der Waals surface area contributed by atoms with E-state index >= 15 is 0 Å². The molecule has 3 nitrogen and oxygen atoms in total. The van der Waals surface area contributed by atoms with Crippen LogP contribution in [0.25, 0.3) is 10.8 Å². The minimum Gasteiger partial charge on any atom is -0.342 e. The van der Waals surface area contributed by atoms with Crippen molar-refractivity contribution in [2.75, 3.05) is 13.6 Å². The fourth-order valence-corrected chi connectivity index (χ4v) is 2.00. The van der Waals surface area contributed by atoms with E-state index in [-0.39, 0.29) is 5.91 Å². The third kappa shape index (κ3) is 1.99. The first-order valence-electron chi connectivity index (χ1n) is 5.91. The van der Waals surface area contributed by atoms with Crippen LogP contribution < -0.4 is 0 Å². The molecular formula is C15H15NO2. The molecule has 18 heavy (non-hydrogen) atoms. The van der Waals surface area contributed by atoms with Crippen molar-refractivity contribution in [3.05, 3.63) is 47.5 Å². The number of carbonyl (C=O) groups is 2. The van der Waals surface area contributed by atoms with E-state index in [1.807, 2.05) is 31.2 Å². The summed E-state index contributed by atoms with van der Waals surface area (Å²) in [5, 5.41) is 1.65. The second-order valence-corrected chi connectivity index (χ2v) is 4.19. The van der Waals surface area contributed by atoms with Crippen LogP contribution in [0, 0.1) is 0 Å². The summed E-state index contributed by atoms with van der Waals surface area (Å²) in [7, 11) is 1.75. The van der Waals surface area contributed by atoms with Gasteiger partial charge in [-0.1, -0.05) is 30.3 Å². The van der Waals surface area contributed by atoms with Gasteiger partial charge in [-0.25, -0.2) is 0 Å². The first-order valence-corrected chi connectivity index (χ1v) is 5.91. The number of amides is 1. The molecule has 0 spiro atoms. The van der Waals surface area contributed by atoms with Gasteiger partial charge in [0.2, 0.25) is 0 Å². The molecule has 2 aromatic rings. The Hall–Kier alpha value is -2.16. The Bertz CT molecular complexity index is 599. The molecule has 0 aliphatic rings. The summed E-state index contributed by atoms with van der Waals surface area (Å²) in [6.45, 7) is 2.56. The third-order valence-electron chi connectivity index (χ3n) is 3.12. The molecule has 0 saturated heterocycles. The van der Waals surface area contributed by atoms with Crippen LogP contribution in [-0.4, -0.2) is 30.7 Å². The normalized spacial score (nSPS) is 10.3. The minimum atomic E-state index is -0.0580. The van der Waals surface area contributed by atoms with Gasteiger partial charge in [0.25, 0.3) is 5.91 Å². The van der Waals surface area contributed by atoms with Crippen molar-refractivity contribution in [3.63, 3.8) is 0 Å². The average Bonchev–Trinajstić information content (AvgIpc) is 2.44. The Labute approximate surface area is 106 Å². The molecule has 0 fully saturated rings. The fourth-order valence-electron chi connectivity index (χ4n) is 2.00. The monoisotopic (exact) mass is 241 g/mol. The molecule has 0 aliphatic heterocycles. The highest BCUT2D eigenvalue weighted by Crippen LogP contribution is 2.23. The predicted octanol–water partition coefficient (Wildman–Crippen LogP) is 2.74. The molecule has 92 valence electrons. The van der Waals surface area contributed by atoms with E-state index in [0.29, 0.717) is 17.7 Å². The van der Waals surface area contributed by atoms with Gasteiger partial charge in [0.05, 0.1) is 0 Å². The van der Waals surface area contributed by atoms with E-state index in [9.17, 15) is 9.59 Å². The Kier molecular flexibility index (Phi) is 3.42. The summed E-state index contributed by atoms with van der Waals surface area (Å²) in [5.41, 5.74) is 1.14. The van der Waals surface area contributed by atoms with Crippen LogP contribution in [-0.2, 0) is 0 Å². The number of benzene rings is 2. The van der Waals surface area contributed by atoms with E-state index in [2.05, 4.69) is 0 Å². The maximum Gasteiger partial charge on any atom is 0.254 e. The zero-order valence-corrected chi connectivity index (χ0v) is 10.5. The van der Waals surface area contributed by atoms with Crippen LogP contribution in [0.4, 0.5) is 0 Å². The summed E-state index contributed by atoms with van der Waals surface area (Å²) in [5.74, 6) is -0.0580. The molecule has 0 unspecified atom stereocenters. The molecule has 2 rings (SSSR count). The number of hydrogen-bond donors (Lipinski definition) is 0. The number of rotatable bonds is 3. The first-order chi connectivity index (χ1) is 8.69. The Balaban J connectivity index is 2.71. The van der Waals surface area contributed by atoms with Crippen LogP contribution in [0.3, 0.4) is 0 Å². The number of fused-ring (bicyclic) bond motifs is 1. The van der Waals surface area contributed by atoms with Crippen molar-refractivity contribution >= 4 is 23.0 Å². The fraction of sp³-hybridized carbons (Fsp3) is 0.200. The van der Waals surface area contributed by atoms with Gasteiger partial charge in [-0.05, 0) is 18.4 Å². The van der Waals surface area contributed by atoms with E-state index in [1.165, 1.54) is 0 Å². The molecule has 0 heterocycles. The van der Waals surface area contributed by atoms with Crippen LogP contribution in [0.1, 0.15) is 27.6 Å². The second kappa shape index (κ2) is 5.00. The summed E-state index contributed by atoms with van der Waals surface area (Å²) in [6, 6.07) is 11.0. The quantitative estimate of drug-likeness (QED) is 0.775. The Morgan fingerprint density at radius 3 is 2.50 bits per heavy atom. The third-order valence-corrected chi connectivity index (χ3v) is 3.12. The molecule has 0 N–H and O–H groups in total. The van der Waals surface area contributed by atoms with E-state index in [1.54, 1.807) is 24.1 Å². The second-order valence-electron chi connectivity index (χ2n) is 4.19. The van der Waals surface area contributed by atoms with Crippen molar-refractivity contribution in [2.45, 2.75) is 6.92 Å². The van der Waals surface area contributed by atoms with Gasteiger partial charge in [0.15, 0.2) is 6.29 Å². The SMILES string of the molecule is CCN(C)C(=O)c1cccc2cccc(C=O)c12. The van der Waals surface area contributed by atoms with Crippen molar-refractivity contribution < 1.29 is 9.59 Å². The lowest BCUT2D eigenvalue weighted by Crippen LogP contribution is -2.26. The summed E-state index contributed by atoms with van der Waals surface area (Å²) in [4.78, 5) is 25.0. The van der Waals surface area contributed by atoms with Crippen LogP contribution in [0.15, 0.2) is 36.4 Å². The average molecular weight is 241 g/mol. The van der Waals surface area contributed by atoms with Gasteiger partial charge < -0.3 is 4.90 Å². The topological polar surface area (TPSA) is 37.4 Å². The zero-order valence-electron chi connectivity index (χ0n) is 10.5. The van der Waals surface area contributed by atoms with Gasteiger partial charge >= 0.3 is 0 Å². The Morgan fingerprint density at radius 1 is 1.22 bits per heavy atom. The predicted molar refractivity (Wildman–Crippen MR) is 72.0 cm³/mol. The van der Waals surface area contributed by atoms with Gasteiger partial charge in [0, 0.05) is 30.1 Å². The largest absolute Gasteiger partial charge is 0.342 e.